The minimum atomic E-state index is -3.87. The van der Waals surface area contributed by atoms with Crippen LogP contribution in [0.2, 0.25) is 0 Å². The van der Waals surface area contributed by atoms with Crippen molar-refractivity contribution in [3.63, 3.8) is 0 Å². The van der Waals surface area contributed by atoms with Crippen LogP contribution in [-0.4, -0.2) is 35.7 Å². The maximum Gasteiger partial charge on any atom is 0.340 e. The number of aromatic amines is 1. The van der Waals surface area contributed by atoms with Crippen LogP contribution in [0.4, 0.5) is 0 Å². The lowest BCUT2D eigenvalue weighted by atomic mass is 9.97. The molecule has 0 spiro atoms. The van der Waals surface area contributed by atoms with E-state index in [1.807, 2.05) is 0 Å². The van der Waals surface area contributed by atoms with Crippen LogP contribution in [0, 0.1) is 0 Å². The van der Waals surface area contributed by atoms with Gasteiger partial charge in [-0.2, -0.15) is 5.10 Å². The number of nitrogens with one attached hydrogen (secondary N) is 2. The highest BCUT2D eigenvalue weighted by Gasteiger charge is 2.27. The summed E-state index contributed by atoms with van der Waals surface area (Å²) in [6, 6.07) is -0.134. The van der Waals surface area contributed by atoms with E-state index in [4.69, 9.17) is 5.11 Å². The smallest absolute Gasteiger partial charge is 0.340 e. The highest BCUT2D eigenvalue weighted by Crippen LogP contribution is 2.19. The quantitative estimate of drug-likeness (QED) is 0.780. The first-order valence-electron chi connectivity index (χ1n) is 6.79. The summed E-state index contributed by atoms with van der Waals surface area (Å²) in [6.45, 7) is 0. The number of aromatic carboxylic acids is 1. The molecule has 0 aromatic carbocycles. The number of hydrogen-bond donors (Lipinski definition) is 3. The number of hydrogen-bond acceptors (Lipinski definition) is 4. The molecule has 0 bridgehead atoms. The third-order valence-corrected chi connectivity index (χ3v) is 5.02. The van der Waals surface area contributed by atoms with Crippen molar-refractivity contribution in [1.29, 1.82) is 0 Å². The Balaban J connectivity index is 2.13. The Morgan fingerprint density at radius 3 is 2.45 bits per heavy atom. The van der Waals surface area contributed by atoms with E-state index in [1.165, 1.54) is 6.42 Å². The number of H-pyrrole nitrogens is 1. The molecule has 7 nitrogen and oxygen atoms in total. The zero-order valence-corrected chi connectivity index (χ0v) is 11.9. The fourth-order valence-electron chi connectivity index (χ4n) is 2.48. The van der Waals surface area contributed by atoms with Gasteiger partial charge in [0.15, 0.2) is 5.03 Å². The Bertz CT molecular complexity index is 559. The Labute approximate surface area is 117 Å². The first-order chi connectivity index (χ1) is 9.50. The summed E-state index contributed by atoms with van der Waals surface area (Å²) >= 11 is 0. The summed E-state index contributed by atoms with van der Waals surface area (Å²) < 4.78 is 27.1. The first-order valence-corrected chi connectivity index (χ1v) is 8.28. The maximum atomic E-state index is 12.2. The van der Waals surface area contributed by atoms with Crippen molar-refractivity contribution >= 4 is 16.0 Å². The lowest BCUT2D eigenvalue weighted by molar-refractivity contribution is 0.0692. The second-order valence-corrected chi connectivity index (χ2v) is 6.73. The molecule has 1 aromatic rings. The van der Waals surface area contributed by atoms with E-state index in [0.717, 1.165) is 44.7 Å². The van der Waals surface area contributed by atoms with Crippen LogP contribution in [0.15, 0.2) is 11.2 Å². The largest absolute Gasteiger partial charge is 0.478 e. The van der Waals surface area contributed by atoms with Crippen molar-refractivity contribution in [2.45, 2.75) is 56.0 Å². The first kappa shape index (κ1) is 15.0. The van der Waals surface area contributed by atoms with Crippen LogP contribution in [0.1, 0.15) is 55.3 Å². The summed E-state index contributed by atoms with van der Waals surface area (Å²) in [4.78, 5) is 11.0. The molecule has 0 atom stereocenters. The number of nitrogens with zero attached hydrogens (tertiary/aromatic N) is 1. The van der Waals surface area contributed by atoms with E-state index in [0.29, 0.717) is 0 Å². The van der Waals surface area contributed by atoms with Crippen molar-refractivity contribution in [1.82, 2.24) is 14.9 Å². The summed E-state index contributed by atoms with van der Waals surface area (Å²) in [5.41, 5.74) is -0.330. The van der Waals surface area contributed by atoms with Gasteiger partial charge >= 0.3 is 5.97 Å². The summed E-state index contributed by atoms with van der Waals surface area (Å²) in [5.74, 6) is -1.31. The van der Waals surface area contributed by atoms with Crippen molar-refractivity contribution < 1.29 is 18.3 Å². The molecule has 8 heteroatoms. The minimum Gasteiger partial charge on any atom is -0.478 e. The molecule has 0 amide bonds. The van der Waals surface area contributed by atoms with Crippen molar-refractivity contribution in [2.75, 3.05) is 0 Å². The predicted octanol–water partition coefficient (Wildman–Crippen LogP) is 1.50. The Morgan fingerprint density at radius 1 is 1.25 bits per heavy atom. The lowest BCUT2D eigenvalue weighted by Gasteiger charge is -2.20. The average molecular weight is 301 g/mol. The molecule has 1 aliphatic rings. The van der Waals surface area contributed by atoms with Crippen LogP contribution in [0.25, 0.3) is 0 Å². The fraction of sp³-hybridized carbons (Fsp3) is 0.667. The topological polar surface area (TPSA) is 112 Å². The molecule has 0 aliphatic heterocycles. The van der Waals surface area contributed by atoms with Gasteiger partial charge in [0, 0.05) is 6.04 Å². The van der Waals surface area contributed by atoms with E-state index in [1.54, 1.807) is 0 Å². The lowest BCUT2D eigenvalue weighted by Crippen LogP contribution is -2.36. The number of carboxylic acid groups (broad SMARTS) is 1. The van der Waals surface area contributed by atoms with Gasteiger partial charge in [-0.1, -0.05) is 32.1 Å². The van der Waals surface area contributed by atoms with E-state index in [-0.39, 0.29) is 16.6 Å². The summed E-state index contributed by atoms with van der Waals surface area (Å²) in [5, 5.41) is 14.4. The molecule has 0 saturated heterocycles. The van der Waals surface area contributed by atoms with E-state index < -0.39 is 16.0 Å². The molecule has 3 N–H and O–H groups in total. The predicted molar refractivity (Wildman–Crippen MR) is 72.0 cm³/mol. The molecule has 1 fully saturated rings. The number of aromatic nitrogens is 2. The molecule has 1 aromatic heterocycles. The van der Waals surface area contributed by atoms with Gasteiger partial charge in [-0.15, -0.1) is 0 Å². The summed E-state index contributed by atoms with van der Waals surface area (Å²) in [7, 11) is -3.87. The van der Waals surface area contributed by atoms with E-state index >= 15 is 0 Å². The minimum absolute atomic E-state index is 0.134. The number of carbonyl (C=O) groups is 1. The van der Waals surface area contributed by atoms with Gasteiger partial charge in [0.05, 0.1) is 6.20 Å². The van der Waals surface area contributed by atoms with Gasteiger partial charge in [-0.25, -0.2) is 17.9 Å². The molecule has 0 radical (unpaired) electrons. The fourth-order valence-corrected chi connectivity index (χ4v) is 3.88. The highest BCUT2D eigenvalue weighted by molar-refractivity contribution is 7.89. The molecule has 1 aliphatic carbocycles. The number of rotatable bonds is 4. The zero-order valence-electron chi connectivity index (χ0n) is 11.1. The molecular weight excluding hydrogens is 282 g/mol. The molecule has 0 unspecified atom stereocenters. The molecule has 20 heavy (non-hydrogen) atoms. The van der Waals surface area contributed by atoms with Crippen LogP contribution >= 0.6 is 0 Å². The van der Waals surface area contributed by atoms with Crippen LogP contribution < -0.4 is 4.72 Å². The van der Waals surface area contributed by atoms with E-state index in [9.17, 15) is 13.2 Å². The maximum absolute atomic E-state index is 12.2. The Kier molecular flexibility index (Phi) is 4.77. The molecule has 112 valence electrons. The molecule has 1 saturated carbocycles. The van der Waals surface area contributed by atoms with Gasteiger partial charge in [-0.3, -0.25) is 5.10 Å². The third kappa shape index (κ3) is 3.57. The van der Waals surface area contributed by atoms with Gasteiger partial charge in [0.2, 0.25) is 0 Å². The van der Waals surface area contributed by atoms with E-state index in [2.05, 4.69) is 14.9 Å². The second-order valence-electron chi connectivity index (χ2n) is 5.08. The molecule has 1 heterocycles. The Morgan fingerprint density at radius 2 is 1.85 bits per heavy atom. The van der Waals surface area contributed by atoms with Crippen molar-refractivity contribution in [3.8, 4) is 0 Å². The molecular formula is C12H19N3O4S. The third-order valence-electron chi connectivity index (χ3n) is 3.53. The van der Waals surface area contributed by atoms with Crippen LogP contribution in [0.5, 0.6) is 0 Å². The van der Waals surface area contributed by atoms with Gasteiger partial charge < -0.3 is 5.11 Å². The van der Waals surface area contributed by atoms with Crippen molar-refractivity contribution in [3.05, 3.63) is 11.8 Å². The average Bonchev–Trinajstić information content (AvgIpc) is 2.82. The SMILES string of the molecule is O=C(O)c1cn[nH]c1S(=O)(=O)NC1CCCCCCC1. The molecule has 2 rings (SSSR count). The number of sulfonamides is 1. The second kappa shape index (κ2) is 6.36. The highest BCUT2D eigenvalue weighted by atomic mass is 32.2. The monoisotopic (exact) mass is 301 g/mol. The van der Waals surface area contributed by atoms with Crippen molar-refractivity contribution in [2.24, 2.45) is 0 Å². The van der Waals surface area contributed by atoms with Gasteiger partial charge in [0.25, 0.3) is 10.0 Å². The van der Waals surface area contributed by atoms with Crippen LogP contribution in [0.3, 0.4) is 0 Å². The van der Waals surface area contributed by atoms with Crippen LogP contribution in [-0.2, 0) is 10.0 Å². The van der Waals surface area contributed by atoms with Gasteiger partial charge in [0.1, 0.15) is 5.56 Å². The number of carboxylic acids is 1. The normalized spacial score (nSPS) is 18.4. The Hall–Kier alpha value is -1.41. The van der Waals surface area contributed by atoms with Gasteiger partial charge in [-0.05, 0) is 12.8 Å². The zero-order chi connectivity index (χ0) is 14.6. The standard InChI is InChI=1S/C12H19N3O4S/c16-12(17)10-8-13-14-11(10)20(18,19)15-9-6-4-2-1-3-5-7-9/h8-9,15H,1-7H2,(H,13,14)(H,16,17). The summed E-state index contributed by atoms with van der Waals surface area (Å²) in [6.07, 6.45) is 7.99.